The highest BCUT2D eigenvalue weighted by Gasteiger charge is 2.17. The average Bonchev–Trinajstić information content (AvgIpc) is 3.27. The van der Waals surface area contributed by atoms with Crippen LogP contribution in [0.15, 0.2) is 44.6 Å². The van der Waals surface area contributed by atoms with Crippen LogP contribution in [0.3, 0.4) is 0 Å². The van der Waals surface area contributed by atoms with Gasteiger partial charge in [0.1, 0.15) is 11.0 Å². The Hall–Kier alpha value is -2.05. The first-order valence-electron chi connectivity index (χ1n) is 6.95. The number of oxazole rings is 2. The normalized spacial score (nSPS) is 15.0. The summed E-state index contributed by atoms with van der Waals surface area (Å²) in [6.07, 6.45) is 3.25. The van der Waals surface area contributed by atoms with Gasteiger partial charge in [-0.3, -0.25) is 0 Å². The van der Waals surface area contributed by atoms with Crippen LogP contribution in [0, 0.1) is 0 Å². The van der Waals surface area contributed by atoms with Gasteiger partial charge in [-0.1, -0.05) is 12.1 Å². The van der Waals surface area contributed by atoms with E-state index in [9.17, 15) is 0 Å². The molecule has 108 valence electrons. The fourth-order valence-electron chi connectivity index (χ4n) is 2.53. The Labute approximate surface area is 133 Å². The van der Waals surface area contributed by atoms with Crippen LogP contribution in [-0.2, 0) is 0 Å². The maximum Gasteiger partial charge on any atom is 0.237 e. The molecule has 4 heterocycles. The van der Waals surface area contributed by atoms with Crippen molar-refractivity contribution in [2.45, 2.75) is 6.42 Å². The number of nitrogens with zero attached hydrogens (tertiary/aromatic N) is 2. The lowest BCUT2D eigenvalue weighted by Gasteiger charge is -1.90. The number of fused-ring (bicyclic) bond motifs is 2. The third-order valence-electron chi connectivity index (χ3n) is 3.55. The maximum atomic E-state index is 5.88. The molecule has 0 bridgehead atoms. The van der Waals surface area contributed by atoms with Gasteiger partial charge in [-0.15, -0.1) is 23.1 Å². The lowest BCUT2D eigenvalue weighted by molar-refractivity contribution is 0.588. The molecule has 0 atom stereocenters. The van der Waals surface area contributed by atoms with Gasteiger partial charge in [-0.05, 0) is 17.9 Å². The summed E-state index contributed by atoms with van der Waals surface area (Å²) in [6, 6.07) is 7.80. The zero-order valence-corrected chi connectivity index (χ0v) is 13.0. The number of aromatic nitrogens is 2. The molecule has 0 saturated carbocycles. The predicted molar refractivity (Wildman–Crippen MR) is 89.9 cm³/mol. The quantitative estimate of drug-likeness (QED) is 0.508. The van der Waals surface area contributed by atoms with Crippen molar-refractivity contribution in [1.82, 2.24) is 9.97 Å². The molecule has 1 aliphatic rings. The molecule has 22 heavy (non-hydrogen) atoms. The number of thioether (sulfide) groups is 1. The van der Waals surface area contributed by atoms with Gasteiger partial charge in [0.15, 0.2) is 11.2 Å². The highest BCUT2D eigenvalue weighted by molar-refractivity contribution is 8.08. The van der Waals surface area contributed by atoms with E-state index in [-0.39, 0.29) is 0 Å². The van der Waals surface area contributed by atoms with Crippen molar-refractivity contribution < 1.29 is 8.83 Å². The molecule has 0 aliphatic carbocycles. The molecule has 5 rings (SSSR count). The van der Waals surface area contributed by atoms with Crippen LogP contribution in [0.25, 0.3) is 37.9 Å². The van der Waals surface area contributed by atoms with E-state index in [1.807, 2.05) is 29.6 Å². The van der Waals surface area contributed by atoms with Gasteiger partial charge in [0, 0.05) is 17.9 Å². The summed E-state index contributed by atoms with van der Waals surface area (Å²) in [4.78, 5) is 11.3. The van der Waals surface area contributed by atoms with Gasteiger partial charge in [0.2, 0.25) is 11.8 Å². The Balaban J connectivity index is 1.66. The van der Waals surface area contributed by atoms with E-state index in [2.05, 4.69) is 16.0 Å². The Bertz CT molecular complexity index is 961. The van der Waals surface area contributed by atoms with Crippen molar-refractivity contribution in [1.29, 1.82) is 0 Å². The van der Waals surface area contributed by atoms with Crippen molar-refractivity contribution in [3.63, 3.8) is 0 Å². The molecule has 0 N–H and O–H groups in total. The van der Waals surface area contributed by atoms with Crippen LogP contribution < -0.4 is 0 Å². The zero-order valence-electron chi connectivity index (χ0n) is 11.4. The van der Waals surface area contributed by atoms with E-state index < -0.39 is 0 Å². The van der Waals surface area contributed by atoms with Gasteiger partial charge in [-0.2, -0.15) is 0 Å². The summed E-state index contributed by atoms with van der Waals surface area (Å²) in [5.41, 5.74) is 3.10. The van der Waals surface area contributed by atoms with Gasteiger partial charge in [0.05, 0.1) is 9.78 Å². The fraction of sp³-hybridized carbons (Fsp3) is 0.125. The number of benzene rings is 1. The van der Waals surface area contributed by atoms with Gasteiger partial charge >= 0.3 is 0 Å². The van der Waals surface area contributed by atoms with Crippen molar-refractivity contribution in [3.05, 3.63) is 41.6 Å². The summed E-state index contributed by atoms with van der Waals surface area (Å²) >= 11 is 3.40. The smallest absolute Gasteiger partial charge is 0.237 e. The monoisotopic (exact) mass is 326 g/mol. The topological polar surface area (TPSA) is 52.1 Å². The molecule has 0 saturated heterocycles. The summed E-state index contributed by atoms with van der Waals surface area (Å²) in [5.74, 6) is 2.44. The fourth-order valence-corrected chi connectivity index (χ4v) is 4.08. The minimum atomic E-state index is 0.645. The second-order valence-corrected chi connectivity index (χ2v) is 7.09. The summed E-state index contributed by atoms with van der Waals surface area (Å²) < 4.78 is 11.7. The molecule has 4 aromatic rings. The third-order valence-corrected chi connectivity index (χ3v) is 5.50. The van der Waals surface area contributed by atoms with Crippen molar-refractivity contribution in [2.75, 3.05) is 5.75 Å². The Morgan fingerprint density at radius 1 is 1.00 bits per heavy atom. The van der Waals surface area contributed by atoms with Gasteiger partial charge in [-0.25, -0.2) is 9.97 Å². The van der Waals surface area contributed by atoms with E-state index >= 15 is 0 Å². The molecule has 3 aromatic heterocycles. The number of allylic oxidation sites excluding steroid dienone is 1. The lowest BCUT2D eigenvalue weighted by Crippen LogP contribution is -1.75. The first-order valence-corrected chi connectivity index (χ1v) is 8.82. The van der Waals surface area contributed by atoms with Crippen LogP contribution >= 0.6 is 23.1 Å². The summed E-state index contributed by atoms with van der Waals surface area (Å²) in [6.45, 7) is 0. The van der Waals surface area contributed by atoms with Crippen LogP contribution in [0.5, 0.6) is 0 Å². The Kier molecular flexibility index (Phi) is 2.68. The van der Waals surface area contributed by atoms with Crippen molar-refractivity contribution >= 4 is 50.2 Å². The molecule has 0 fully saturated rings. The average molecular weight is 326 g/mol. The molecule has 1 aliphatic heterocycles. The SMILES string of the molecule is C1=C(c2nc3cc4oc(-c5cccs5)nc4cc3o2)SCC1. The lowest BCUT2D eigenvalue weighted by atomic mass is 10.3. The van der Waals surface area contributed by atoms with Crippen molar-refractivity contribution in [2.24, 2.45) is 0 Å². The highest BCUT2D eigenvalue weighted by atomic mass is 32.2. The molecular weight excluding hydrogens is 316 g/mol. The van der Waals surface area contributed by atoms with E-state index in [1.54, 1.807) is 23.1 Å². The zero-order chi connectivity index (χ0) is 14.5. The minimum absolute atomic E-state index is 0.645. The van der Waals surface area contributed by atoms with E-state index in [0.29, 0.717) is 11.8 Å². The van der Waals surface area contributed by atoms with Crippen LogP contribution in [0.1, 0.15) is 12.3 Å². The Morgan fingerprint density at radius 2 is 1.77 bits per heavy atom. The number of hydrogen-bond acceptors (Lipinski definition) is 6. The van der Waals surface area contributed by atoms with Gasteiger partial charge in [0.25, 0.3) is 0 Å². The largest absolute Gasteiger partial charge is 0.436 e. The maximum absolute atomic E-state index is 5.88. The second-order valence-electron chi connectivity index (χ2n) is 5.01. The minimum Gasteiger partial charge on any atom is -0.436 e. The second kappa shape index (κ2) is 4.72. The summed E-state index contributed by atoms with van der Waals surface area (Å²) in [5, 5.41) is 2.01. The first kappa shape index (κ1) is 12.5. The molecule has 1 aromatic carbocycles. The molecule has 0 radical (unpaired) electrons. The number of thiophene rings is 1. The standard InChI is InChI=1S/C16H10N2O2S2/c1-3-13(21-5-1)15-17-9-7-12-10(8-11(9)19-15)18-16(20-12)14-4-2-6-22-14/h1,3-5,7-8H,2,6H2. The molecule has 6 heteroatoms. The van der Waals surface area contributed by atoms with E-state index in [1.165, 1.54) is 0 Å². The van der Waals surface area contributed by atoms with Crippen LogP contribution in [0.4, 0.5) is 0 Å². The molecule has 0 unspecified atom stereocenters. The van der Waals surface area contributed by atoms with Gasteiger partial charge < -0.3 is 8.83 Å². The van der Waals surface area contributed by atoms with E-state index in [0.717, 1.165) is 44.2 Å². The van der Waals surface area contributed by atoms with Crippen LogP contribution in [-0.4, -0.2) is 15.7 Å². The predicted octanol–water partition coefficient (Wildman–Crippen LogP) is 5.18. The first-order chi connectivity index (χ1) is 10.9. The number of rotatable bonds is 2. The van der Waals surface area contributed by atoms with Crippen molar-refractivity contribution in [3.8, 4) is 10.8 Å². The Morgan fingerprint density at radius 3 is 2.45 bits per heavy atom. The van der Waals surface area contributed by atoms with Crippen LogP contribution in [0.2, 0.25) is 0 Å². The summed E-state index contributed by atoms with van der Waals surface area (Å²) in [7, 11) is 0. The van der Waals surface area contributed by atoms with E-state index in [4.69, 9.17) is 8.83 Å². The highest BCUT2D eigenvalue weighted by Crippen LogP contribution is 2.36. The number of hydrogen-bond donors (Lipinski definition) is 0. The molecule has 0 amide bonds. The molecule has 0 spiro atoms. The third kappa shape index (κ3) is 1.91. The molecule has 4 nitrogen and oxygen atoms in total. The molecular formula is C16H10N2O2S2.